The van der Waals surface area contributed by atoms with E-state index in [1.54, 1.807) is 0 Å². The molecule has 1 aromatic heterocycles. The average molecular weight is 435 g/mol. The number of nitrogens with zero attached hydrogens (tertiary/aromatic N) is 3. The maximum atomic E-state index is 13.0. The van der Waals surface area contributed by atoms with Crippen LogP contribution in [0.5, 0.6) is 0 Å². The number of para-hydroxylation sites is 2. The van der Waals surface area contributed by atoms with Crippen molar-refractivity contribution < 1.29 is 4.79 Å². The Morgan fingerprint density at radius 3 is 2.55 bits per heavy atom. The zero-order valence-corrected chi connectivity index (χ0v) is 18.2. The summed E-state index contributed by atoms with van der Waals surface area (Å²) in [5.41, 5.74) is 9.43. The molecule has 2 aromatic carbocycles. The van der Waals surface area contributed by atoms with Crippen LogP contribution in [0, 0.1) is 0 Å². The molecule has 0 radical (unpaired) electrons. The van der Waals surface area contributed by atoms with Crippen molar-refractivity contribution in [3.63, 3.8) is 0 Å². The minimum Gasteiger partial charge on any atom is -0.332 e. The molecule has 0 spiro atoms. The Morgan fingerprint density at radius 2 is 1.83 bits per heavy atom. The fraction of sp³-hybridized carbons (Fsp3) is 0.364. The molecule has 1 aliphatic rings. The van der Waals surface area contributed by atoms with Crippen LogP contribution < -0.4 is 5.73 Å². The Kier molecular flexibility index (Phi) is 8.08. The first-order valence-electron chi connectivity index (χ1n) is 9.74. The second-order valence-corrected chi connectivity index (χ2v) is 7.17. The SMILES string of the molecule is CCn1c(C2CCCN2C(=O)CC(N)c2ccccc2)nc2ccccc21.Cl.Cl. The molecule has 3 aromatic rings. The molecule has 29 heavy (non-hydrogen) atoms. The van der Waals surface area contributed by atoms with Gasteiger partial charge in [0, 0.05) is 25.6 Å². The normalized spacial score (nSPS) is 16.9. The lowest BCUT2D eigenvalue weighted by Crippen LogP contribution is -2.34. The largest absolute Gasteiger partial charge is 0.332 e. The first-order chi connectivity index (χ1) is 13.2. The van der Waals surface area contributed by atoms with Crippen molar-refractivity contribution >= 4 is 41.8 Å². The Balaban J connectivity index is 0.00000150. The summed E-state index contributed by atoms with van der Waals surface area (Å²) < 4.78 is 2.24. The van der Waals surface area contributed by atoms with Crippen molar-refractivity contribution in [3.8, 4) is 0 Å². The highest BCUT2D eigenvalue weighted by molar-refractivity contribution is 5.85. The molecular formula is C22H28Cl2N4O. The highest BCUT2D eigenvalue weighted by Crippen LogP contribution is 2.34. The van der Waals surface area contributed by atoms with Crippen LogP contribution >= 0.6 is 24.8 Å². The third kappa shape index (κ3) is 4.58. The summed E-state index contributed by atoms with van der Waals surface area (Å²) >= 11 is 0. The summed E-state index contributed by atoms with van der Waals surface area (Å²) in [5.74, 6) is 1.11. The molecule has 2 heterocycles. The number of carbonyl (C=O) groups is 1. The van der Waals surface area contributed by atoms with Crippen molar-refractivity contribution in [1.29, 1.82) is 0 Å². The third-order valence-corrected chi connectivity index (χ3v) is 5.49. The molecule has 156 valence electrons. The second-order valence-electron chi connectivity index (χ2n) is 7.17. The second kappa shape index (κ2) is 10.1. The van der Waals surface area contributed by atoms with Gasteiger partial charge in [0.2, 0.25) is 5.91 Å². The third-order valence-electron chi connectivity index (χ3n) is 5.49. The highest BCUT2D eigenvalue weighted by Gasteiger charge is 2.34. The maximum Gasteiger partial charge on any atom is 0.225 e. The number of benzene rings is 2. The Labute approximate surface area is 184 Å². The lowest BCUT2D eigenvalue weighted by Gasteiger charge is -2.26. The van der Waals surface area contributed by atoms with Crippen LogP contribution in [-0.2, 0) is 11.3 Å². The standard InChI is InChI=1S/C22H26N4O.2ClH/c1-2-25-19-12-7-6-11-18(19)24-22(25)20-13-8-14-26(20)21(27)15-17(23)16-9-4-3-5-10-16;;/h3-7,9-12,17,20H,2,8,13-15,23H2,1H3;2*1H. The van der Waals surface area contributed by atoms with Crippen LogP contribution in [0.2, 0.25) is 0 Å². The van der Waals surface area contributed by atoms with Gasteiger partial charge in [0.15, 0.2) is 0 Å². The highest BCUT2D eigenvalue weighted by atomic mass is 35.5. The van der Waals surface area contributed by atoms with Crippen LogP contribution in [0.1, 0.15) is 49.7 Å². The lowest BCUT2D eigenvalue weighted by atomic mass is 10.0. The molecule has 2 atom stereocenters. The maximum absolute atomic E-state index is 13.0. The molecule has 2 N–H and O–H groups in total. The molecule has 0 aliphatic carbocycles. The van der Waals surface area contributed by atoms with Gasteiger partial charge < -0.3 is 15.2 Å². The summed E-state index contributed by atoms with van der Waals surface area (Å²) in [6.07, 6.45) is 2.28. The first kappa shape index (κ1) is 23.2. The van der Waals surface area contributed by atoms with E-state index in [0.29, 0.717) is 6.42 Å². The topological polar surface area (TPSA) is 64.2 Å². The van der Waals surface area contributed by atoms with E-state index in [9.17, 15) is 4.79 Å². The van der Waals surface area contributed by atoms with E-state index in [4.69, 9.17) is 10.7 Å². The van der Waals surface area contributed by atoms with Crippen molar-refractivity contribution in [2.75, 3.05) is 6.54 Å². The zero-order valence-electron chi connectivity index (χ0n) is 16.5. The Bertz CT molecular complexity index is 944. The number of halogens is 2. The Hall–Kier alpha value is -2.08. The van der Waals surface area contributed by atoms with Gasteiger partial charge in [-0.25, -0.2) is 4.98 Å². The van der Waals surface area contributed by atoms with Gasteiger partial charge in [-0.1, -0.05) is 42.5 Å². The van der Waals surface area contributed by atoms with Crippen LogP contribution in [0.3, 0.4) is 0 Å². The zero-order chi connectivity index (χ0) is 18.8. The molecule has 4 rings (SSSR count). The number of carbonyl (C=O) groups excluding carboxylic acids is 1. The number of fused-ring (bicyclic) bond motifs is 1. The molecule has 1 fully saturated rings. The van der Waals surface area contributed by atoms with Crippen LogP contribution in [0.25, 0.3) is 11.0 Å². The molecule has 0 saturated carbocycles. The molecule has 1 aliphatic heterocycles. The molecule has 1 saturated heterocycles. The Morgan fingerprint density at radius 1 is 1.14 bits per heavy atom. The van der Waals surface area contributed by atoms with E-state index in [0.717, 1.165) is 48.4 Å². The summed E-state index contributed by atoms with van der Waals surface area (Å²) in [7, 11) is 0. The first-order valence-corrected chi connectivity index (χ1v) is 9.74. The van der Waals surface area contributed by atoms with E-state index >= 15 is 0 Å². The number of likely N-dealkylation sites (tertiary alicyclic amines) is 1. The van der Waals surface area contributed by atoms with Gasteiger partial charge in [-0.05, 0) is 37.5 Å². The van der Waals surface area contributed by atoms with Crippen LogP contribution in [0.15, 0.2) is 54.6 Å². The van der Waals surface area contributed by atoms with Crippen molar-refractivity contribution in [2.24, 2.45) is 5.73 Å². The van der Waals surface area contributed by atoms with Crippen molar-refractivity contribution in [2.45, 2.75) is 44.8 Å². The number of hydrogen-bond donors (Lipinski definition) is 1. The van der Waals surface area contributed by atoms with Gasteiger partial charge in [0.05, 0.1) is 17.1 Å². The number of imidazole rings is 1. The monoisotopic (exact) mass is 434 g/mol. The van der Waals surface area contributed by atoms with Gasteiger partial charge >= 0.3 is 0 Å². The van der Waals surface area contributed by atoms with Gasteiger partial charge in [-0.3, -0.25) is 4.79 Å². The number of hydrogen-bond acceptors (Lipinski definition) is 3. The number of aromatic nitrogens is 2. The minimum atomic E-state index is -0.273. The predicted molar refractivity (Wildman–Crippen MR) is 122 cm³/mol. The van der Waals surface area contributed by atoms with Crippen molar-refractivity contribution in [3.05, 3.63) is 66.0 Å². The van der Waals surface area contributed by atoms with E-state index in [2.05, 4.69) is 17.6 Å². The summed E-state index contributed by atoms with van der Waals surface area (Å²) in [6, 6.07) is 17.8. The molecule has 0 bridgehead atoms. The summed E-state index contributed by atoms with van der Waals surface area (Å²) in [4.78, 5) is 19.9. The molecule has 1 amide bonds. The van der Waals surface area contributed by atoms with Crippen molar-refractivity contribution in [1.82, 2.24) is 14.5 Å². The molecule has 5 nitrogen and oxygen atoms in total. The lowest BCUT2D eigenvalue weighted by molar-refractivity contribution is -0.132. The van der Waals surface area contributed by atoms with E-state index in [-0.39, 0.29) is 42.8 Å². The number of aryl methyl sites for hydroxylation is 1. The fourth-order valence-corrected chi connectivity index (χ4v) is 4.14. The summed E-state index contributed by atoms with van der Waals surface area (Å²) in [5, 5.41) is 0. The van der Waals surface area contributed by atoms with Crippen LogP contribution in [0.4, 0.5) is 0 Å². The fourth-order valence-electron chi connectivity index (χ4n) is 4.14. The van der Waals surface area contributed by atoms with Gasteiger partial charge in [-0.15, -0.1) is 24.8 Å². The van der Waals surface area contributed by atoms with E-state index < -0.39 is 0 Å². The van der Waals surface area contributed by atoms with Gasteiger partial charge in [0.25, 0.3) is 0 Å². The quantitative estimate of drug-likeness (QED) is 0.635. The average Bonchev–Trinajstić information content (AvgIpc) is 3.32. The predicted octanol–water partition coefficient (Wildman–Crippen LogP) is 4.65. The number of nitrogens with two attached hydrogens (primary N) is 1. The van der Waals surface area contributed by atoms with Gasteiger partial charge in [-0.2, -0.15) is 0 Å². The number of amides is 1. The van der Waals surface area contributed by atoms with E-state index in [1.165, 1.54) is 0 Å². The number of rotatable bonds is 5. The van der Waals surface area contributed by atoms with E-state index in [1.807, 2.05) is 53.4 Å². The smallest absolute Gasteiger partial charge is 0.225 e. The van der Waals surface area contributed by atoms with Crippen LogP contribution in [-0.4, -0.2) is 26.9 Å². The molecule has 2 unspecified atom stereocenters. The summed E-state index contributed by atoms with van der Waals surface area (Å²) in [6.45, 7) is 3.75. The molecular weight excluding hydrogens is 407 g/mol. The molecule has 7 heteroatoms. The minimum absolute atomic E-state index is 0. The van der Waals surface area contributed by atoms with Gasteiger partial charge in [0.1, 0.15) is 5.82 Å².